The van der Waals surface area contributed by atoms with Gasteiger partial charge in [-0.25, -0.2) is 0 Å². The van der Waals surface area contributed by atoms with Gasteiger partial charge in [-0.2, -0.15) is 0 Å². The largest absolute Gasteiger partial charge is 0.398 e. The van der Waals surface area contributed by atoms with Gasteiger partial charge in [-0.1, -0.05) is 11.6 Å². The maximum atomic E-state index is 11.8. The van der Waals surface area contributed by atoms with Crippen LogP contribution in [-0.4, -0.2) is 24.9 Å². The van der Waals surface area contributed by atoms with Gasteiger partial charge in [-0.3, -0.25) is 9.59 Å². The summed E-state index contributed by atoms with van der Waals surface area (Å²) in [6, 6.07) is 4.72. The number of hydrogen-bond donors (Lipinski definition) is 3. The summed E-state index contributed by atoms with van der Waals surface area (Å²) >= 11 is 5.78. The van der Waals surface area contributed by atoms with E-state index in [1.54, 1.807) is 12.1 Å². The fourth-order valence-electron chi connectivity index (χ4n) is 1.64. The van der Waals surface area contributed by atoms with Crippen LogP contribution in [0.2, 0.25) is 5.02 Å². The van der Waals surface area contributed by atoms with Gasteiger partial charge in [-0.15, -0.1) is 0 Å². The molecule has 2 amide bonds. The molecule has 0 atom stereocenters. The van der Waals surface area contributed by atoms with Crippen LogP contribution in [0.1, 0.15) is 23.2 Å². The molecule has 0 radical (unpaired) electrons. The fourth-order valence-corrected chi connectivity index (χ4v) is 1.76. The van der Waals surface area contributed by atoms with E-state index in [9.17, 15) is 9.59 Å². The molecule has 1 fully saturated rings. The van der Waals surface area contributed by atoms with Crippen LogP contribution in [0.25, 0.3) is 0 Å². The van der Waals surface area contributed by atoms with Crippen LogP contribution in [0, 0.1) is 5.92 Å². The average molecular weight is 282 g/mol. The van der Waals surface area contributed by atoms with Crippen molar-refractivity contribution in [3.8, 4) is 0 Å². The topological polar surface area (TPSA) is 84.2 Å². The molecule has 2 rings (SSSR count). The number of amides is 2. The third-order valence-electron chi connectivity index (χ3n) is 2.92. The van der Waals surface area contributed by atoms with Crippen LogP contribution in [0.15, 0.2) is 18.2 Å². The normalized spacial score (nSPS) is 13.9. The first-order valence-corrected chi connectivity index (χ1v) is 6.56. The van der Waals surface area contributed by atoms with Crippen LogP contribution in [0.4, 0.5) is 5.69 Å². The van der Waals surface area contributed by atoms with Crippen LogP contribution in [0.3, 0.4) is 0 Å². The number of halogens is 1. The second kappa shape index (κ2) is 5.93. The summed E-state index contributed by atoms with van der Waals surface area (Å²) in [5, 5.41) is 5.90. The summed E-state index contributed by atoms with van der Waals surface area (Å²) < 4.78 is 0. The molecule has 4 N–H and O–H groups in total. The Labute approximate surface area is 116 Å². The Balaban J connectivity index is 1.74. The molecule has 0 bridgehead atoms. The van der Waals surface area contributed by atoms with Crippen LogP contribution in [-0.2, 0) is 4.79 Å². The van der Waals surface area contributed by atoms with Crippen molar-refractivity contribution >= 4 is 29.1 Å². The summed E-state index contributed by atoms with van der Waals surface area (Å²) in [5.74, 6) is 0.0285. The molecule has 0 aliphatic heterocycles. The maximum Gasteiger partial charge on any atom is 0.251 e. The van der Waals surface area contributed by atoms with E-state index < -0.39 is 0 Å². The third kappa shape index (κ3) is 3.86. The Morgan fingerprint density at radius 3 is 2.58 bits per heavy atom. The van der Waals surface area contributed by atoms with E-state index in [0.29, 0.717) is 29.4 Å². The number of benzene rings is 1. The number of rotatable bonds is 5. The highest BCUT2D eigenvalue weighted by atomic mass is 35.5. The predicted octanol–water partition coefficient (Wildman–Crippen LogP) is 1.18. The molecular weight excluding hydrogens is 266 g/mol. The maximum absolute atomic E-state index is 11.8. The second-order valence-electron chi connectivity index (χ2n) is 4.56. The standard InChI is InChI=1S/C13H16ClN3O2/c14-10-4-3-9(7-11(10)15)13(19)17-6-5-16-12(18)8-1-2-8/h3-4,7-8H,1-2,5-6,15H2,(H,16,18)(H,17,19). The number of carbonyl (C=O) groups is 2. The minimum atomic E-state index is -0.232. The zero-order valence-electron chi connectivity index (χ0n) is 10.4. The molecule has 1 aromatic carbocycles. The minimum absolute atomic E-state index is 0.0741. The summed E-state index contributed by atoms with van der Waals surface area (Å²) in [6.07, 6.45) is 1.95. The molecule has 1 saturated carbocycles. The summed E-state index contributed by atoms with van der Waals surface area (Å²) in [6.45, 7) is 0.823. The smallest absolute Gasteiger partial charge is 0.251 e. The lowest BCUT2D eigenvalue weighted by atomic mass is 10.2. The number of nitrogen functional groups attached to an aromatic ring is 1. The highest BCUT2D eigenvalue weighted by Crippen LogP contribution is 2.28. The molecule has 0 spiro atoms. The van der Waals surface area contributed by atoms with Gasteiger partial charge < -0.3 is 16.4 Å². The van der Waals surface area contributed by atoms with E-state index in [-0.39, 0.29) is 17.7 Å². The van der Waals surface area contributed by atoms with E-state index >= 15 is 0 Å². The Morgan fingerprint density at radius 2 is 1.95 bits per heavy atom. The van der Waals surface area contributed by atoms with Crippen molar-refractivity contribution in [2.24, 2.45) is 5.92 Å². The lowest BCUT2D eigenvalue weighted by Crippen LogP contribution is -2.35. The summed E-state index contributed by atoms with van der Waals surface area (Å²) in [7, 11) is 0. The fraction of sp³-hybridized carbons (Fsp3) is 0.385. The monoisotopic (exact) mass is 281 g/mol. The summed E-state index contributed by atoms with van der Waals surface area (Å²) in [4.78, 5) is 23.1. The van der Waals surface area contributed by atoms with Crippen LogP contribution >= 0.6 is 11.6 Å². The molecule has 0 aromatic heterocycles. The molecule has 1 aliphatic rings. The first kappa shape index (κ1) is 13.7. The van der Waals surface area contributed by atoms with Gasteiger partial charge in [0.1, 0.15) is 0 Å². The van der Waals surface area contributed by atoms with Crippen molar-refractivity contribution < 1.29 is 9.59 Å². The Bertz CT molecular complexity index is 501. The highest BCUT2D eigenvalue weighted by molar-refractivity contribution is 6.33. The molecule has 19 heavy (non-hydrogen) atoms. The first-order chi connectivity index (χ1) is 9.08. The van der Waals surface area contributed by atoms with E-state index in [1.165, 1.54) is 6.07 Å². The van der Waals surface area contributed by atoms with Gasteiger partial charge in [0.2, 0.25) is 5.91 Å². The zero-order chi connectivity index (χ0) is 13.8. The minimum Gasteiger partial charge on any atom is -0.398 e. The summed E-state index contributed by atoms with van der Waals surface area (Å²) in [5.41, 5.74) is 6.45. The lowest BCUT2D eigenvalue weighted by molar-refractivity contribution is -0.122. The van der Waals surface area contributed by atoms with E-state index in [2.05, 4.69) is 10.6 Å². The van der Waals surface area contributed by atoms with Crippen molar-refractivity contribution in [2.45, 2.75) is 12.8 Å². The number of anilines is 1. The Morgan fingerprint density at radius 1 is 1.26 bits per heavy atom. The predicted molar refractivity (Wildman–Crippen MR) is 73.9 cm³/mol. The quantitative estimate of drug-likeness (QED) is 0.560. The van der Waals surface area contributed by atoms with Gasteiger partial charge in [0, 0.05) is 24.6 Å². The van der Waals surface area contributed by atoms with Crippen molar-refractivity contribution in [1.82, 2.24) is 10.6 Å². The second-order valence-corrected chi connectivity index (χ2v) is 4.96. The van der Waals surface area contributed by atoms with Crippen LogP contribution in [0.5, 0.6) is 0 Å². The molecule has 6 heteroatoms. The number of hydrogen-bond acceptors (Lipinski definition) is 3. The molecule has 1 aromatic rings. The molecule has 0 saturated heterocycles. The van der Waals surface area contributed by atoms with Crippen LogP contribution < -0.4 is 16.4 Å². The van der Waals surface area contributed by atoms with Gasteiger partial charge in [0.25, 0.3) is 5.91 Å². The van der Waals surface area contributed by atoms with Gasteiger partial charge in [0.05, 0.1) is 10.7 Å². The van der Waals surface area contributed by atoms with E-state index in [4.69, 9.17) is 17.3 Å². The molecule has 0 heterocycles. The third-order valence-corrected chi connectivity index (χ3v) is 3.26. The van der Waals surface area contributed by atoms with Crippen molar-refractivity contribution in [3.05, 3.63) is 28.8 Å². The van der Waals surface area contributed by atoms with Crippen molar-refractivity contribution in [2.75, 3.05) is 18.8 Å². The Hall–Kier alpha value is -1.75. The van der Waals surface area contributed by atoms with Crippen molar-refractivity contribution in [3.63, 3.8) is 0 Å². The first-order valence-electron chi connectivity index (χ1n) is 6.19. The molecule has 102 valence electrons. The number of nitrogens with one attached hydrogen (secondary N) is 2. The number of carbonyl (C=O) groups excluding carboxylic acids is 2. The molecular formula is C13H16ClN3O2. The van der Waals surface area contributed by atoms with E-state index in [0.717, 1.165) is 12.8 Å². The van der Waals surface area contributed by atoms with Crippen molar-refractivity contribution in [1.29, 1.82) is 0 Å². The van der Waals surface area contributed by atoms with E-state index in [1.807, 2.05) is 0 Å². The molecule has 1 aliphatic carbocycles. The molecule has 5 nitrogen and oxygen atoms in total. The highest BCUT2D eigenvalue weighted by Gasteiger charge is 2.28. The van der Waals surface area contributed by atoms with Gasteiger partial charge in [-0.05, 0) is 31.0 Å². The SMILES string of the molecule is Nc1cc(C(=O)NCCNC(=O)C2CC2)ccc1Cl. The average Bonchev–Trinajstić information content (AvgIpc) is 3.21. The van der Waals surface area contributed by atoms with Gasteiger partial charge in [0.15, 0.2) is 0 Å². The lowest BCUT2D eigenvalue weighted by Gasteiger charge is -2.07. The Kier molecular flexibility index (Phi) is 4.27. The zero-order valence-corrected chi connectivity index (χ0v) is 11.2. The van der Waals surface area contributed by atoms with Gasteiger partial charge >= 0.3 is 0 Å². The molecule has 0 unspecified atom stereocenters. The number of nitrogens with two attached hydrogens (primary N) is 1.